The smallest absolute Gasteiger partial charge is 0.102 e. The number of nitrogens with two attached hydrogens (primary N) is 1. The fraction of sp³-hybridized carbons (Fsp3) is 0.182. The molecule has 2 nitrogen and oxygen atoms in total. The van der Waals surface area contributed by atoms with Gasteiger partial charge >= 0.3 is 0 Å². The van der Waals surface area contributed by atoms with Gasteiger partial charge in [0, 0.05) is 12.1 Å². The van der Waals surface area contributed by atoms with E-state index in [1.165, 1.54) is 11.1 Å². The third kappa shape index (κ3) is 1.09. The number of nitriles is 1. The molecule has 0 saturated heterocycles. The lowest BCUT2D eigenvalue weighted by atomic mass is 10.0. The summed E-state index contributed by atoms with van der Waals surface area (Å²) < 4.78 is 0. The molecule has 0 heterocycles. The number of nitrogens with zero attached hydrogens (tertiary/aromatic N) is 1. The molecule has 1 aliphatic rings. The summed E-state index contributed by atoms with van der Waals surface area (Å²) in [4.78, 5) is 0. The first kappa shape index (κ1) is 7.88. The molecular formula is C11H10N2. The van der Waals surface area contributed by atoms with Crippen molar-refractivity contribution in [3.63, 3.8) is 0 Å². The molecule has 0 unspecified atom stereocenters. The van der Waals surface area contributed by atoms with E-state index in [-0.39, 0.29) is 0 Å². The normalized spacial score (nSPS) is 14.2. The van der Waals surface area contributed by atoms with E-state index >= 15 is 0 Å². The SMILES string of the molecule is Cc1ccc2c(c1)C(C#N)=C(N)C2. The first-order valence-corrected chi connectivity index (χ1v) is 4.21. The zero-order valence-electron chi connectivity index (χ0n) is 7.46. The minimum absolute atomic E-state index is 0.652. The molecule has 0 spiro atoms. The quantitative estimate of drug-likeness (QED) is 0.644. The van der Waals surface area contributed by atoms with E-state index < -0.39 is 0 Å². The Morgan fingerprint density at radius 3 is 2.92 bits per heavy atom. The van der Waals surface area contributed by atoms with Crippen LogP contribution < -0.4 is 5.73 Å². The number of aryl methyl sites for hydroxylation is 1. The Kier molecular flexibility index (Phi) is 1.60. The molecule has 1 aromatic rings. The molecule has 1 aromatic carbocycles. The van der Waals surface area contributed by atoms with Gasteiger partial charge in [0.15, 0.2) is 0 Å². The minimum Gasteiger partial charge on any atom is -0.401 e. The Morgan fingerprint density at radius 2 is 2.23 bits per heavy atom. The van der Waals surface area contributed by atoms with Crippen molar-refractivity contribution in [2.75, 3.05) is 0 Å². The molecule has 64 valence electrons. The topological polar surface area (TPSA) is 49.8 Å². The van der Waals surface area contributed by atoms with Crippen LogP contribution in [0.2, 0.25) is 0 Å². The molecule has 13 heavy (non-hydrogen) atoms. The average molecular weight is 170 g/mol. The van der Waals surface area contributed by atoms with Gasteiger partial charge in [-0.2, -0.15) is 5.26 Å². The summed E-state index contributed by atoms with van der Waals surface area (Å²) in [5.74, 6) is 0. The third-order valence-electron chi connectivity index (χ3n) is 2.35. The lowest BCUT2D eigenvalue weighted by Crippen LogP contribution is -1.96. The molecule has 0 atom stereocenters. The van der Waals surface area contributed by atoms with E-state index in [1.807, 2.05) is 25.1 Å². The number of hydrogen-bond acceptors (Lipinski definition) is 2. The van der Waals surface area contributed by atoms with Crippen molar-refractivity contribution in [2.45, 2.75) is 13.3 Å². The Balaban J connectivity index is 2.64. The number of fused-ring (bicyclic) bond motifs is 1. The Labute approximate surface area is 77.3 Å². The molecule has 0 amide bonds. The summed E-state index contributed by atoms with van der Waals surface area (Å²) in [6.07, 6.45) is 0.721. The monoisotopic (exact) mass is 170 g/mol. The van der Waals surface area contributed by atoms with Gasteiger partial charge in [-0.25, -0.2) is 0 Å². The number of hydrogen-bond donors (Lipinski definition) is 1. The maximum atomic E-state index is 8.89. The van der Waals surface area contributed by atoms with Gasteiger partial charge in [0.25, 0.3) is 0 Å². The molecule has 0 aromatic heterocycles. The highest BCUT2D eigenvalue weighted by Crippen LogP contribution is 2.30. The number of benzene rings is 1. The van der Waals surface area contributed by atoms with Gasteiger partial charge in [0.05, 0.1) is 5.57 Å². The van der Waals surface area contributed by atoms with E-state index in [1.54, 1.807) is 0 Å². The standard InChI is InChI=1S/C11H10N2/c1-7-2-3-8-5-11(13)10(6-12)9(8)4-7/h2-4H,5,13H2,1H3. The first-order valence-electron chi connectivity index (χ1n) is 4.21. The van der Waals surface area contributed by atoms with Crippen LogP contribution in [0.25, 0.3) is 5.57 Å². The first-order chi connectivity index (χ1) is 6.22. The second kappa shape index (κ2) is 2.63. The number of rotatable bonds is 0. The number of allylic oxidation sites excluding steroid dienone is 2. The molecule has 2 N–H and O–H groups in total. The van der Waals surface area contributed by atoms with Crippen LogP contribution in [-0.2, 0) is 6.42 Å². The molecule has 2 rings (SSSR count). The highest BCUT2D eigenvalue weighted by Gasteiger charge is 2.18. The lowest BCUT2D eigenvalue weighted by Gasteiger charge is -1.99. The van der Waals surface area contributed by atoms with Crippen LogP contribution in [0, 0.1) is 18.3 Å². The van der Waals surface area contributed by atoms with E-state index in [0.717, 1.165) is 12.0 Å². The second-order valence-corrected chi connectivity index (χ2v) is 3.35. The van der Waals surface area contributed by atoms with Crippen LogP contribution in [-0.4, -0.2) is 0 Å². The lowest BCUT2D eigenvalue weighted by molar-refractivity contribution is 1.15. The van der Waals surface area contributed by atoms with Gasteiger partial charge in [-0.1, -0.05) is 23.8 Å². The summed E-state index contributed by atoms with van der Waals surface area (Å²) in [7, 11) is 0. The summed E-state index contributed by atoms with van der Waals surface area (Å²) >= 11 is 0. The highest BCUT2D eigenvalue weighted by atomic mass is 14.6. The Morgan fingerprint density at radius 1 is 1.46 bits per heavy atom. The Bertz CT molecular complexity index is 436. The van der Waals surface area contributed by atoms with Crippen LogP contribution in [0.4, 0.5) is 0 Å². The van der Waals surface area contributed by atoms with Gasteiger partial charge in [-0.05, 0) is 18.1 Å². The van der Waals surface area contributed by atoms with E-state index in [4.69, 9.17) is 11.0 Å². The maximum absolute atomic E-state index is 8.89. The fourth-order valence-corrected chi connectivity index (χ4v) is 1.68. The van der Waals surface area contributed by atoms with Gasteiger partial charge in [0.2, 0.25) is 0 Å². The second-order valence-electron chi connectivity index (χ2n) is 3.35. The molecule has 0 saturated carbocycles. The predicted octanol–water partition coefficient (Wildman–Crippen LogP) is 1.74. The van der Waals surface area contributed by atoms with E-state index in [0.29, 0.717) is 11.3 Å². The average Bonchev–Trinajstić information content (AvgIpc) is 2.40. The predicted molar refractivity (Wildman–Crippen MR) is 51.6 cm³/mol. The zero-order valence-corrected chi connectivity index (χ0v) is 7.46. The zero-order chi connectivity index (χ0) is 9.42. The van der Waals surface area contributed by atoms with Crippen LogP contribution in [0.3, 0.4) is 0 Å². The molecular weight excluding hydrogens is 160 g/mol. The van der Waals surface area contributed by atoms with Crippen LogP contribution in [0.1, 0.15) is 16.7 Å². The van der Waals surface area contributed by atoms with Gasteiger partial charge in [-0.15, -0.1) is 0 Å². The van der Waals surface area contributed by atoms with Crippen molar-refractivity contribution in [1.29, 1.82) is 5.26 Å². The largest absolute Gasteiger partial charge is 0.401 e. The highest BCUT2D eigenvalue weighted by molar-refractivity contribution is 5.84. The van der Waals surface area contributed by atoms with Crippen molar-refractivity contribution in [3.05, 3.63) is 40.6 Å². The van der Waals surface area contributed by atoms with Crippen LogP contribution in [0.15, 0.2) is 23.9 Å². The third-order valence-corrected chi connectivity index (χ3v) is 2.35. The Hall–Kier alpha value is -1.75. The molecule has 1 aliphatic carbocycles. The summed E-state index contributed by atoms with van der Waals surface area (Å²) in [5.41, 5.74) is 10.4. The molecule has 2 heteroatoms. The minimum atomic E-state index is 0.652. The molecule has 0 radical (unpaired) electrons. The van der Waals surface area contributed by atoms with Gasteiger partial charge < -0.3 is 5.73 Å². The van der Waals surface area contributed by atoms with Crippen LogP contribution >= 0.6 is 0 Å². The van der Waals surface area contributed by atoms with Gasteiger partial charge in [-0.3, -0.25) is 0 Å². The van der Waals surface area contributed by atoms with Crippen LogP contribution in [0.5, 0.6) is 0 Å². The fourth-order valence-electron chi connectivity index (χ4n) is 1.68. The summed E-state index contributed by atoms with van der Waals surface area (Å²) in [6, 6.07) is 8.26. The molecule has 0 bridgehead atoms. The van der Waals surface area contributed by atoms with Gasteiger partial charge in [0.1, 0.15) is 6.07 Å². The maximum Gasteiger partial charge on any atom is 0.102 e. The summed E-state index contributed by atoms with van der Waals surface area (Å²) in [5, 5.41) is 8.89. The molecule has 0 fully saturated rings. The van der Waals surface area contributed by atoms with Crippen molar-refractivity contribution in [3.8, 4) is 6.07 Å². The van der Waals surface area contributed by atoms with Crippen molar-refractivity contribution in [1.82, 2.24) is 0 Å². The summed E-state index contributed by atoms with van der Waals surface area (Å²) in [6.45, 7) is 2.02. The van der Waals surface area contributed by atoms with Crippen molar-refractivity contribution < 1.29 is 0 Å². The van der Waals surface area contributed by atoms with Crippen molar-refractivity contribution >= 4 is 5.57 Å². The van der Waals surface area contributed by atoms with E-state index in [2.05, 4.69) is 6.07 Å². The van der Waals surface area contributed by atoms with Crippen molar-refractivity contribution in [2.24, 2.45) is 5.73 Å². The van der Waals surface area contributed by atoms with E-state index in [9.17, 15) is 0 Å². The molecule has 0 aliphatic heterocycles.